The van der Waals surface area contributed by atoms with Crippen LogP contribution in [0, 0.1) is 11.3 Å². The molecule has 5 aromatic rings. The molecule has 5 rings (SSSR count). The fourth-order valence-electron chi connectivity index (χ4n) is 3.50. The Kier molecular flexibility index (Phi) is 4.61. The first-order valence-electron chi connectivity index (χ1n) is 9.47. The molecule has 0 aliphatic heterocycles. The van der Waals surface area contributed by atoms with E-state index in [2.05, 4.69) is 36.5 Å². The normalized spacial score (nSPS) is 12.1. The summed E-state index contributed by atoms with van der Waals surface area (Å²) in [6.45, 7) is 1.98. The minimum Gasteiger partial charge on any atom is -0.358 e. The second-order valence-electron chi connectivity index (χ2n) is 6.71. The highest BCUT2D eigenvalue weighted by Gasteiger charge is 2.23. The second-order valence-corrected chi connectivity index (χ2v) is 7.55. The van der Waals surface area contributed by atoms with E-state index in [1.54, 1.807) is 36.1 Å². The number of nitrogens with one attached hydrogen (secondary N) is 2. The maximum Gasteiger partial charge on any atom is 0.267 e. The van der Waals surface area contributed by atoms with Crippen molar-refractivity contribution >= 4 is 38.4 Å². The van der Waals surface area contributed by atoms with Gasteiger partial charge in [-0.15, -0.1) is 11.3 Å². The molecule has 31 heavy (non-hydrogen) atoms. The molecule has 1 aromatic carbocycles. The standard InChI is InChI=1S/C20H15N9OS/c1-2-13(27-17-16-19(23-9-22-17)31-10-24-16)18-28-14-5-3-4-11(6-21)15(14)20(30)29(18)12-7-25-26-8-12/h3-5,7-10,13H,2H2,1H3,(H,25,26)(H,22,23,27). The zero-order valence-electron chi connectivity index (χ0n) is 16.3. The van der Waals surface area contributed by atoms with Gasteiger partial charge in [-0.25, -0.2) is 19.9 Å². The fraction of sp³-hybridized carbons (Fsp3) is 0.150. The molecule has 0 saturated carbocycles. The van der Waals surface area contributed by atoms with Gasteiger partial charge in [0.05, 0.1) is 39.9 Å². The molecule has 0 radical (unpaired) electrons. The number of aromatic amines is 1. The molecule has 4 aromatic heterocycles. The van der Waals surface area contributed by atoms with Gasteiger partial charge in [0.25, 0.3) is 5.56 Å². The molecule has 0 aliphatic rings. The molecule has 0 fully saturated rings. The number of nitriles is 1. The van der Waals surface area contributed by atoms with Crippen LogP contribution in [0.1, 0.15) is 30.8 Å². The van der Waals surface area contributed by atoms with Gasteiger partial charge in [0, 0.05) is 6.20 Å². The van der Waals surface area contributed by atoms with Crippen LogP contribution in [0.15, 0.2) is 47.2 Å². The zero-order valence-corrected chi connectivity index (χ0v) is 17.1. The largest absolute Gasteiger partial charge is 0.358 e. The number of hydrogen-bond acceptors (Lipinski definition) is 9. The van der Waals surface area contributed by atoms with Crippen molar-refractivity contribution in [2.24, 2.45) is 0 Å². The molecule has 0 aliphatic carbocycles. The summed E-state index contributed by atoms with van der Waals surface area (Å²) in [5.41, 5.74) is 3.31. The van der Waals surface area contributed by atoms with Crippen molar-refractivity contribution in [3.63, 3.8) is 0 Å². The molecule has 11 heteroatoms. The van der Waals surface area contributed by atoms with Crippen LogP contribution >= 0.6 is 11.3 Å². The summed E-state index contributed by atoms with van der Waals surface area (Å²) in [5, 5.41) is 19.9. The van der Waals surface area contributed by atoms with E-state index in [9.17, 15) is 10.1 Å². The van der Waals surface area contributed by atoms with Gasteiger partial charge in [-0.3, -0.25) is 14.5 Å². The summed E-state index contributed by atoms with van der Waals surface area (Å²) in [5.74, 6) is 1.05. The Morgan fingerprint density at radius 2 is 2.23 bits per heavy atom. The van der Waals surface area contributed by atoms with Crippen LogP contribution in [-0.2, 0) is 0 Å². The summed E-state index contributed by atoms with van der Waals surface area (Å²) in [4.78, 5) is 32.0. The van der Waals surface area contributed by atoms with Crippen molar-refractivity contribution < 1.29 is 0 Å². The number of aromatic nitrogens is 7. The SMILES string of the molecule is CCC(Nc1ncnc2scnc12)c1nc2cccc(C#N)c2c(=O)n1-c1cn[nH]c1. The Hall–Kier alpha value is -4.17. The molecular weight excluding hydrogens is 414 g/mol. The third-order valence-electron chi connectivity index (χ3n) is 4.95. The molecule has 2 N–H and O–H groups in total. The molecule has 0 bridgehead atoms. The van der Waals surface area contributed by atoms with Gasteiger partial charge in [-0.1, -0.05) is 13.0 Å². The minimum absolute atomic E-state index is 0.272. The van der Waals surface area contributed by atoms with E-state index in [4.69, 9.17) is 4.98 Å². The number of hydrogen-bond donors (Lipinski definition) is 2. The molecule has 0 spiro atoms. The number of H-pyrrole nitrogens is 1. The maximum absolute atomic E-state index is 13.5. The highest BCUT2D eigenvalue weighted by Crippen LogP contribution is 2.27. The lowest BCUT2D eigenvalue weighted by Crippen LogP contribution is -2.28. The van der Waals surface area contributed by atoms with Crippen molar-refractivity contribution in [3.8, 4) is 11.8 Å². The zero-order chi connectivity index (χ0) is 21.4. The highest BCUT2D eigenvalue weighted by molar-refractivity contribution is 7.16. The van der Waals surface area contributed by atoms with Crippen molar-refractivity contribution in [2.75, 3.05) is 5.32 Å². The average molecular weight is 429 g/mol. The van der Waals surface area contributed by atoms with Crippen LogP contribution in [0.3, 0.4) is 0 Å². The van der Waals surface area contributed by atoms with Crippen molar-refractivity contribution in [3.05, 3.63) is 64.2 Å². The van der Waals surface area contributed by atoms with Crippen molar-refractivity contribution in [1.82, 2.24) is 34.7 Å². The van der Waals surface area contributed by atoms with E-state index in [0.29, 0.717) is 34.8 Å². The first kappa shape index (κ1) is 18.8. The smallest absolute Gasteiger partial charge is 0.267 e. The van der Waals surface area contributed by atoms with Crippen molar-refractivity contribution in [1.29, 1.82) is 5.26 Å². The van der Waals surface area contributed by atoms with Gasteiger partial charge >= 0.3 is 0 Å². The van der Waals surface area contributed by atoms with Crippen LogP contribution in [0.4, 0.5) is 5.82 Å². The topological polar surface area (TPSA) is 138 Å². The highest BCUT2D eigenvalue weighted by atomic mass is 32.1. The van der Waals surface area contributed by atoms with Crippen LogP contribution in [0.5, 0.6) is 0 Å². The van der Waals surface area contributed by atoms with Crippen molar-refractivity contribution in [2.45, 2.75) is 19.4 Å². The lowest BCUT2D eigenvalue weighted by Gasteiger charge is -2.21. The van der Waals surface area contributed by atoms with Gasteiger partial charge in [0.2, 0.25) is 0 Å². The van der Waals surface area contributed by atoms with Gasteiger partial charge in [0.1, 0.15) is 28.6 Å². The van der Waals surface area contributed by atoms with Crippen LogP contribution in [0.2, 0.25) is 0 Å². The Bertz CT molecular complexity index is 1500. The van der Waals surface area contributed by atoms with E-state index in [0.717, 1.165) is 4.83 Å². The quantitative estimate of drug-likeness (QED) is 0.435. The molecule has 1 unspecified atom stereocenters. The molecule has 1 atom stereocenters. The summed E-state index contributed by atoms with van der Waals surface area (Å²) in [6, 6.07) is 6.79. The number of nitrogens with zero attached hydrogens (tertiary/aromatic N) is 7. The summed E-state index contributed by atoms with van der Waals surface area (Å²) in [6.07, 6.45) is 5.25. The van der Waals surface area contributed by atoms with Crippen LogP contribution in [0.25, 0.3) is 26.9 Å². The van der Waals surface area contributed by atoms with E-state index in [-0.39, 0.29) is 22.6 Å². The number of benzene rings is 1. The predicted octanol–water partition coefficient (Wildman–Crippen LogP) is 2.94. The molecule has 4 heterocycles. The van der Waals surface area contributed by atoms with Gasteiger partial charge in [-0.05, 0) is 18.6 Å². The van der Waals surface area contributed by atoms with Crippen LogP contribution in [-0.4, -0.2) is 34.7 Å². The van der Waals surface area contributed by atoms with E-state index in [1.165, 1.54) is 22.2 Å². The summed E-state index contributed by atoms with van der Waals surface area (Å²) < 4.78 is 1.48. The lowest BCUT2D eigenvalue weighted by atomic mass is 10.1. The predicted molar refractivity (Wildman–Crippen MR) is 116 cm³/mol. The summed E-state index contributed by atoms with van der Waals surface area (Å²) in [7, 11) is 0. The fourth-order valence-corrected chi connectivity index (χ4v) is 4.13. The van der Waals surface area contributed by atoms with E-state index in [1.807, 2.05) is 6.92 Å². The maximum atomic E-state index is 13.5. The van der Waals surface area contributed by atoms with Gasteiger partial charge in [-0.2, -0.15) is 10.4 Å². The monoisotopic (exact) mass is 429 g/mol. The minimum atomic E-state index is -0.363. The first-order chi connectivity index (χ1) is 15.2. The van der Waals surface area contributed by atoms with E-state index >= 15 is 0 Å². The Labute approximate surface area is 179 Å². The Balaban J connectivity index is 1.74. The van der Waals surface area contributed by atoms with Gasteiger partial charge in [0.15, 0.2) is 5.82 Å². The third-order valence-corrected chi connectivity index (χ3v) is 5.68. The Morgan fingerprint density at radius 1 is 1.32 bits per heavy atom. The second kappa shape index (κ2) is 7.58. The van der Waals surface area contributed by atoms with Crippen LogP contribution < -0.4 is 10.9 Å². The number of thiazole rings is 1. The van der Waals surface area contributed by atoms with Gasteiger partial charge < -0.3 is 5.32 Å². The lowest BCUT2D eigenvalue weighted by molar-refractivity contribution is 0.659. The average Bonchev–Trinajstić information content (AvgIpc) is 3.49. The third kappa shape index (κ3) is 3.10. The Morgan fingerprint density at radius 3 is 3.00 bits per heavy atom. The molecular formula is C20H15N9OS. The molecule has 0 saturated heterocycles. The number of rotatable bonds is 5. The van der Waals surface area contributed by atoms with E-state index < -0.39 is 0 Å². The number of fused-ring (bicyclic) bond motifs is 2. The molecule has 152 valence electrons. The summed E-state index contributed by atoms with van der Waals surface area (Å²) >= 11 is 1.43. The molecule has 0 amide bonds. The molecule has 10 nitrogen and oxygen atoms in total. The number of anilines is 1. The first-order valence-corrected chi connectivity index (χ1v) is 10.3.